The standard InChI is InChI=1S/C21H23N7O2/c1-14-25-20(27-6-2-3-7-27)9-21(26-14)30-19-8-15(10-22)4-5-17(19)28-13-16(12-24-28)18(29)11-23/h4-5,8-9,12-13,18,29H,2-3,6-7,11,23H2,1H3/t18-/m0/s1. The number of aliphatic hydroxyl groups excluding tert-OH is 1. The zero-order valence-electron chi connectivity index (χ0n) is 16.7. The van der Waals surface area contributed by atoms with Crippen molar-refractivity contribution in [2.24, 2.45) is 5.73 Å². The molecule has 0 unspecified atom stereocenters. The lowest BCUT2D eigenvalue weighted by molar-refractivity contribution is 0.186. The zero-order chi connectivity index (χ0) is 21.1. The molecular weight excluding hydrogens is 382 g/mol. The Labute approximate surface area is 174 Å². The molecule has 2 aromatic heterocycles. The molecule has 3 aromatic rings. The van der Waals surface area contributed by atoms with Crippen LogP contribution in [0.5, 0.6) is 11.6 Å². The van der Waals surface area contributed by atoms with Crippen molar-refractivity contribution in [1.29, 1.82) is 5.26 Å². The highest BCUT2D eigenvalue weighted by molar-refractivity contribution is 5.53. The summed E-state index contributed by atoms with van der Waals surface area (Å²) in [6.45, 7) is 3.85. The lowest BCUT2D eigenvalue weighted by atomic mass is 10.2. The Kier molecular flexibility index (Phi) is 5.61. The van der Waals surface area contributed by atoms with E-state index >= 15 is 0 Å². The Morgan fingerprint density at radius 3 is 2.80 bits per heavy atom. The summed E-state index contributed by atoms with van der Waals surface area (Å²) in [4.78, 5) is 11.1. The number of nitrogens with two attached hydrogens (primary N) is 1. The fraction of sp³-hybridized carbons (Fsp3) is 0.333. The molecule has 1 aliphatic heterocycles. The van der Waals surface area contributed by atoms with E-state index in [2.05, 4.69) is 26.0 Å². The number of hydrogen-bond acceptors (Lipinski definition) is 8. The molecule has 9 heteroatoms. The molecule has 154 valence electrons. The van der Waals surface area contributed by atoms with E-state index in [1.807, 2.05) is 13.0 Å². The molecule has 0 spiro atoms. The highest BCUT2D eigenvalue weighted by Crippen LogP contribution is 2.31. The molecule has 9 nitrogen and oxygen atoms in total. The molecule has 0 amide bonds. The van der Waals surface area contributed by atoms with Crippen LogP contribution in [0.25, 0.3) is 5.69 Å². The van der Waals surface area contributed by atoms with Gasteiger partial charge in [0.25, 0.3) is 0 Å². The third-order valence-corrected chi connectivity index (χ3v) is 4.99. The van der Waals surface area contributed by atoms with Gasteiger partial charge >= 0.3 is 0 Å². The molecule has 0 aliphatic carbocycles. The van der Waals surface area contributed by atoms with Crippen molar-refractivity contribution in [3.8, 4) is 23.4 Å². The van der Waals surface area contributed by atoms with E-state index in [1.54, 1.807) is 35.3 Å². The molecule has 30 heavy (non-hydrogen) atoms. The normalized spacial score (nSPS) is 14.5. The SMILES string of the molecule is Cc1nc(Oc2cc(C#N)ccc2-n2cc([C@@H](O)CN)cn2)cc(N2CCCC2)n1. The number of aromatic nitrogens is 4. The molecule has 0 saturated carbocycles. The van der Waals surface area contributed by atoms with Gasteiger partial charge in [0, 0.05) is 43.5 Å². The van der Waals surface area contributed by atoms with Crippen molar-refractivity contribution in [2.45, 2.75) is 25.9 Å². The van der Waals surface area contributed by atoms with Gasteiger partial charge in [0.15, 0.2) is 5.75 Å². The number of ether oxygens (including phenoxy) is 1. The first kappa shape index (κ1) is 19.8. The molecule has 3 heterocycles. The highest BCUT2D eigenvalue weighted by Gasteiger charge is 2.18. The molecule has 3 N–H and O–H groups in total. The van der Waals surface area contributed by atoms with Gasteiger partial charge in [0.2, 0.25) is 5.88 Å². The molecule has 4 rings (SSSR count). The summed E-state index contributed by atoms with van der Waals surface area (Å²) in [6.07, 6.45) is 4.73. The van der Waals surface area contributed by atoms with Gasteiger partial charge in [-0.15, -0.1) is 0 Å². The van der Waals surface area contributed by atoms with Gasteiger partial charge in [0.05, 0.1) is 23.9 Å². The third-order valence-electron chi connectivity index (χ3n) is 4.99. The first-order chi connectivity index (χ1) is 14.6. The number of aliphatic hydroxyl groups is 1. The largest absolute Gasteiger partial charge is 0.437 e. The van der Waals surface area contributed by atoms with E-state index < -0.39 is 6.10 Å². The maximum atomic E-state index is 9.97. The molecule has 0 bridgehead atoms. The van der Waals surface area contributed by atoms with Crippen LogP contribution in [-0.2, 0) is 0 Å². The summed E-state index contributed by atoms with van der Waals surface area (Å²) in [5.41, 5.74) is 7.20. The molecule has 1 aromatic carbocycles. The Morgan fingerprint density at radius 2 is 2.07 bits per heavy atom. The van der Waals surface area contributed by atoms with Crippen molar-refractivity contribution in [1.82, 2.24) is 19.7 Å². The molecule has 0 radical (unpaired) electrons. The van der Waals surface area contributed by atoms with Crippen LogP contribution < -0.4 is 15.4 Å². The second kappa shape index (κ2) is 8.49. The van der Waals surface area contributed by atoms with Crippen LogP contribution in [0.4, 0.5) is 5.82 Å². The summed E-state index contributed by atoms with van der Waals surface area (Å²) in [7, 11) is 0. The van der Waals surface area contributed by atoms with Crippen LogP contribution in [-0.4, -0.2) is 44.5 Å². The minimum absolute atomic E-state index is 0.0991. The Morgan fingerprint density at radius 1 is 1.27 bits per heavy atom. The fourth-order valence-corrected chi connectivity index (χ4v) is 3.43. The van der Waals surface area contributed by atoms with Crippen LogP contribution in [0.15, 0.2) is 36.7 Å². The highest BCUT2D eigenvalue weighted by atomic mass is 16.5. The number of nitriles is 1. The number of benzene rings is 1. The molecule has 1 atom stereocenters. The number of anilines is 1. The van der Waals surface area contributed by atoms with Gasteiger partial charge in [-0.2, -0.15) is 15.3 Å². The fourth-order valence-electron chi connectivity index (χ4n) is 3.43. The van der Waals surface area contributed by atoms with E-state index in [4.69, 9.17) is 10.5 Å². The van der Waals surface area contributed by atoms with Crippen molar-refractivity contribution < 1.29 is 9.84 Å². The average molecular weight is 405 g/mol. The average Bonchev–Trinajstić information content (AvgIpc) is 3.45. The molecule has 1 aliphatic rings. The van der Waals surface area contributed by atoms with E-state index in [1.165, 1.54) is 0 Å². The molecule has 1 saturated heterocycles. The van der Waals surface area contributed by atoms with Crippen molar-refractivity contribution >= 4 is 5.82 Å². The topological polar surface area (TPSA) is 126 Å². The van der Waals surface area contributed by atoms with Gasteiger partial charge in [-0.25, -0.2) is 9.67 Å². The minimum atomic E-state index is -0.797. The Bertz CT molecular complexity index is 1080. The maximum Gasteiger partial charge on any atom is 0.224 e. The van der Waals surface area contributed by atoms with Gasteiger partial charge in [-0.05, 0) is 31.9 Å². The second-order valence-corrected chi connectivity index (χ2v) is 7.17. The number of rotatable bonds is 6. The summed E-state index contributed by atoms with van der Waals surface area (Å²) >= 11 is 0. The first-order valence-electron chi connectivity index (χ1n) is 9.83. The van der Waals surface area contributed by atoms with Crippen LogP contribution in [0.1, 0.15) is 35.9 Å². The van der Waals surface area contributed by atoms with Gasteiger partial charge < -0.3 is 20.5 Å². The summed E-state index contributed by atoms with van der Waals surface area (Å²) in [5.74, 6) is 2.27. The number of nitrogens with zero attached hydrogens (tertiary/aromatic N) is 6. The zero-order valence-corrected chi connectivity index (χ0v) is 16.7. The van der Waals surface area contributed by atoms with Crippen LogP contribution in [0.2, 0.25) is 0 Å². The lowest BCUT2D eigenvalue weighted by Crippen LogP contribution is -2.19. The van der Waals surface area contributed by atoms with Crippen LogP contribution >= 0.6 is 0 Å². The molecular formula is C21H23N7O2. The third kappa shape index (κ3) is 4.10. The molecule has 1 fully saturated rings. The van der Waals surface area contributed by atoms with Crippen molar-refractivity contribution in [3.05, 3.63) is 53.6 Å². The quantitative estimate of drug-likeness (QED) is 0.639. The smallest absolute Gasteiger partial charge is 0.224 e. The first-order valence-corrected chi connectivity index (χ1v) is 9.83. The number of aryl methyl sites for hydroxylation is 1. The van der Waals surface area contributed by atoms with E-state index in [9.17, 15) is 10.4 Å². The lowest BCUT2D eigenvalue weighted by Gasteiger charge is -2.18. The van der Waals surface area contributed by atoms with E-state index in [0.29, 0.717) is 34.3 Å². The minimum Gasteiger partial charge on any atom is -0.437 e. The van der Waals surface area contributed by atoms with Crippen molar-refractivity contribution in [3.63, 3.8) is 0 Å². The Hall–Kier alpha value is -3.48. The van der Waals surface area contributed by atoms with Gasteiger partial charge in [-0.1, -0.05) is 0 Å². The maximum absolute atomic E-state index is 9.97. The van der Waals surface area contributed by atoms with E-state index in [0.717, 1.165) is 31.7 Å². The predicted molar refractivity (Wildman–Crippen MR) is 111 cm³/mol. The number of hydrogen-bond donors (Lipinski definition) is 2. The van der Waals surface area contributed by atoms with Gasteiger partial charge in [0.1, 0.15) is 17.3 Å². The van der Waals surface area contributed by atoms with Crippen LogP contribution in [0, 0.1) is 18.3 Å². The van der Waals surface area contributed by atoms with Crippen molar-refractivity contribution in [2.75, 3.05) is 24.5 Å². The Balaban J connectivity index is 1.70. The summed E-state index contributed by atoms with van der Waals surface area (Å²) < 4.78 is 7.69. The summed E-state index contributed by atoms with van der Waals surface area (Å²) in [5, 5.41) is 23.6. The monoisotopic (exact) mass is 405 g/mol. The van der Waals surface area contributed by atoms with Gasteiger partial charge in [-0.3, -0.25) is 0 Å². The summed E-state index contributed by atoms with van der Waals surface area (Å²) in [6, 6.07) is 9.01. The van der Waals surface area contributed by atoms with E-state index in [-0.39, 0.29) is 6.54 Å². The van der Waals surface area contributed by atoms with Crippen LogP contribution in [0.3, 0.4) is 0 Å². The predicted octanol–water partition coefficient (Wildman–Crippen LogP) is 2.23. The second-order valence-electron chi connectivity index (χ2n) is 7.17.